The standard InChI is InChI=1S/C23H31N7O8/c1-10(31)19(23(37)38)30-22(36)16(8-18(26)33)29-21(35)15(28-20(34)13(24)7-17(25)32)6-11-9-27-14-5-3-2-4-12(11)14/h2-5,9-10,13,15-16,19,27,31H,6-8,24H2,1H3,(H2,25,32)(H2,26,33)(H,28,34)(H,29,35)(H,30,36)(H,37,38). The summed E-state index contributed by atoms with van der Waals surface area (Å²) in [5.74, 6) is -6.29. The minimum absolute atomic E-state index is 0.0960. The molecule has 2 aromatic rings. The van der Waals surface area contributed by atoms with Crippen LogP contribution in [-0.2, 0) is 35.2 Å². The fourth-order valence-corrected chi connectivity index (χ4v) is 3.64. The molecule has 0 bridgehead atoms. The fraction of sp³-hybridized carbons (Fsp3) is 0.391. The summed E-state index contributed by atoms with van der Waals surface area (Å²) in [5, 5.41) is 26.4. The van der Waals surface area contributed by atoms with E-state index in [-0.39, 0.29) is 6.42 Å². The molecular weight excluding hydrogens is 502 g/mol. The Hall–Kier alpha value is -4.50. The maximum atomic E-state index is 13.3. The Morgan fingerprint density at radius 3 is 2.05 bits per heavy atom. The number of aromatic amines is 1. The molecule has 0 aliphatic carbocycles. The Labute approximate surface area is 216 Å². The van der Waals surface area contributed by atoms with Gasteiger partial charge in [-0.2, -0.15) is 0 Å². The van der Waals surface area contributed by atoms with Crippen LogP contribution in [0.5, 0.6) is 0 Å². The number of carboxylic acid groups (broad SMARTS) is 1. The Morgan fingerprint density at radius 2 is 1.47 bits per heavy atom. The first-order valence-electron chi connectivity index (χ1n) is 11.5. The summed E-state index contributed by atoms with van der Waals surface area (Å²) in [4.78, 5) is 75.7. The highest BCUT2D eigenvalue weighted by atomic mass is 16.4. The topological polar surface area (TPSA) is 273 Å². The number of benzene rings is 1. The van der Waals surface area contributed by atoms with Gasteiger partial charge in [-0.25, -0.2) is 4.79 Å². The Bertz CT molecular complexity index is 1210. The number of H-pyrrole nitrogens is 1. The number of fused-ring (bicyclic) bond motifs is 1. The van der Waals surface area contributed by atoms with Crippen LogP contribution >= 0.6 is 0 Å². The zero-order valence-corrected chi connectivity index (χ0v) is 20.5. The summed E-state index contributed by atoms with van der Waals surface area (Å²) < 4.78 is 0. The van der Waals surface area contributed by atoms with Crippen molar-refractivity contribution >= 4 is 46.4 Å². The number of aliphatic hydroxyl groups excluding tert-OH is 1. The van der Waals surface area contributed by atoms with Gasteiger partial charge >= 0.3 is 5.97 Å². The molecule has 0 aliphatic rings. The number of hydrogen-bond donors (Lipinski definition) is 9. The molecule has 38 heavy (non-hydrogen) atoms. The first-order valence-corrected chi connectivity index (χ1v) is 11.5. The number of carbonyl (C=O) groups is 6. The van der Waals surface area contributed by atoms with Crippen LogP contribution in [0.2, 0.25) is 0 Å². The van der Waals surface area contributed by atoms with Crippen LogP contribution in [0.3, 0.4) is 0 Å². The summed E-state index contributed by atoms with van der Waals surface area (Å²) in [5.41, 5.74) is 17.4. The summed E-state index contributed by atoms with van der Waals surface area (Å²) in [6.45, 7) is 1.13. The zero-order chi connectivity index (χ0) is 28.6. The number of carboxylic acids is 1. The van der Waals surface area contributed by atoms with E-state index in [1.807, 2.05) is 5.32 Å². The van der Waals surface area contributed by atoms with Gasteiger partial charge in [-0.15, -0.1) is 0 Å². The maximum absolute atomic E-state index is 13.3. The molecule has 1 aromatic carbocycles. The Balaban J connectivity index is 2.32. The number of primary amides is 2. The number of rotatable bonds is 14. The van der Waals surface area contributed by atoms with Gasteiger partial charge in [0.25, 0.3) is 0 Å². The molecule has 12 N–H and O–H groups in total. The second kappa shape index (κ2) is 13.2. The van der Waals surface area contributed by atoms with Crippen molar-refractivity contribution < 1.29 is 39.0 Å². The predicted octanol–water partition coefficient (Wildman–Crippen LogP) is -3.29. The van der Waals surface area contributed by atoms with E-state index in [1.165, 1.54) is 0 Å². The normalized spacial score (nSPS) is 14.9. The van der Waals surface area contributed by atoms with Gasteiger partial charge in [-0.05, 0) is 18.6 Å². The monoisotopic (exact) mass is 533 g/mol. The number of aromatic nitrogens is 1. The highest BCUT2D eigenvalue weighted by Crippen LogP contribution is 2.19. The number of hydrogen-bond acceptors (Lipinski definition) is 8. The molecule has 5 atom stereocenters. The van der Waals surface area contributed by atoms with E-state index in [0.29, 0.717) is 5.56 Å². The number of amides is 5. The molecule has 15 heteroatoms. The van der Waals surface area contributed by atoms with E-state index in [0.717, 1.165) is 17.8 Å². The van der Waals surface area contributed by atoms with Crippen LogP contribution in [0.1, 0.15) is 25.3 Å². The van der Waals surface area contributed by atoms with Crippen LogP contribution < -0.4 is 33.2 Å². The van der Waals surface area contributed by atoms with Gasteiger partial charge in [0, 0.05) is 23.5 Å². The molecule has 15 nitrogen and oxygen atoms in total. The van der Waals surface area contributed by atoms with Crippen molar-refractivity contribution in [2.45, 2.75) is 56.5 Å². The third kappa shape index (κ3) is 8.28. The summed E-state index contributed by atoms with van der Waals surface area (Å²) in [7, 11) is 0. The number of nitrogens with one attached hydrogen (secondary N) is 4. The Kier molecular flexibility index (Phi) is 10.3. The molecule has 5 amide bonds. The van der Waals surface area contributed by atoms with E-state index >= 15 is 0 Å². The zero-order valence-electron chi connectivity index (χ0n) is 20.5. The average Bonchev–Trinajstić information content (AvgIpc) is 3.23. The lowest BCUT2D eigenvalue weighted by Gasteiger charge is -2.25. The first kappa shape index (κ1) is 29.7. The minimum atomic E-state index is -1.73. The van der Waals surface area contributed by atoms with Gasteiger partial charge in [0.1, 0.15) is 12.1 Å². The van der Waals surface area contributed by atoms with E-state index in [9.17, 15) is 39.0 Å². The van der Waals surface area contributed by atoms with Crippen molar-refractivity contribution in [2.75, 3.05) is 0 Å². The number of aliphatic carboxylic acids is 1. The molecular formula is C23H31N7O8. The largest absolute Gasteiger partial charge is 0.480 e. The number of carbonyl (C=O) groups excluding carboxylic acids is 5. The molecule has 0 saturated carbocycles. The average molecular weight is 534 g/mol. The van der Waals surface area contributed by atoms with E-state index < -0.39 is 78.6 Å². The molecule has 0 aliphatic heterocycles. The molecule has 0 fully saturated rings. The van der Waals surface area contributed by atoms with Crippen LogP contribution in [-0.4, -0.2) is 81.0 Å². The third-order valence-corrected chi connectivity index (χ3v) is 5.57. The van der Waals surface area contributed by atoms with Crippen molar-refractivity contribution in [1.82, 2.24) is 20.9 Å². The lowest BCUT2D eigenvalue weighted by molar-refractivity contribution is -0.145. The smallest absolute Gasteiger partial charge is 0.328 e. The van der Waals surface area contributed by atoms with E-state index in [4.69, 9.17) is 17.2 Å². The van der Waals surface area contributed by atoms with Crippen LogP contribution in [0.15, 0.2) is 30.5 Å². The maximum Gasteiger partial charge on any atom is 0.328 e. The molecule has 1 heterocycles. The van der Waals surface area contributed by atoms with Crippen molar-refractivity contribution in [2.24, 2.45) is 17.2 Å². The van der Waals surface area contributed by atoms with Crippen LogP contribution in [0.4, 0.5) is 0 Å². The highest BCUT2D eigenvalue weighted by molar-refractivity contribution is 5.97. The molecule has 5 unspecified atom stereocenters. The van der Waals surface area contributed by atoms with Crippen LogP contribution in [0, 0.1) is 0 Å². The summed E-state index contributed by atoms with van der Waals surface area (Å²) >= 11 is 0. The highest BCUT2D eigenvalue weighted by Gasteiger charge is 2.33. The lowest BCUT2D eigenvalue weighted by atomic mass is 10.0. The summed E-state index contributed by atoms with van der Waals surface area (Å²) in [6, 6.07) is 1.05. The van der Waals surface area contributed by atoms with Crippen LogP contribution in [0.25, 0.3) is 10.9 Å². The van der Waals surface area contributed by atoms with Gasteiger partial charge in [0.05, 0.1) is 25.0 Å². The Morgan fingerprint density at radius 1 is 0.895 bits per heavy atom. The van der Waals surface area contributed by atoms with Gasteiger partial charge in [-0.3, -0.25) is 24.0 Å². The molecule has 1 aromatic heterocycles. The first-order chi connectivity index (χ1) is 17.8. The van der Waals surface area contributed by atoms with Gasteiger partial charge in [0.15, 0.2) is 6.04 Å². The third-order valence-electron chi connectivity index (χ3n) is 5.57. The van der Waals surface area contributed by atoms with E-state index in [1.54, 1.807) is 30.5 Å². The van der Waals surface area contributed by atoms with Crippen molar-refractivity contribution in [3.8, 4) is 0 Å². The summed E-state index contributed by atoms with van der Waals surface area (Å²) in [6.07, 6.45) is -1.17. The SMILES string of the molecule is CC(O)C(NC(=O)C(CC(N)=O)NC(=O)C(Cc1c[nH]c2ccccc12)NC(=O)C(N)CC(N)=O)C(=O)O. The molecule has 206 valence electrons. The number of para-hydroxylation sites is 1. The lowest BCUT2D eigenvalue weighted by Crippen LogP contribution is -2.59. The minimum Gasteiger partial charge on any atom is -0.480 e. The fourth-order valence-electron chi connectivity index (χ4n) is 3.64. The second-order valence-electron chi connectivity index (χ2n) is 8.70. The number of nitrogens with two attached hydrogens (primary N) is 3. The van der Waals surface area contributed by atoms with Gasteiger partial charge in [-0.1, -0.05) is 18.2 Å². The van der Waals surface area contributed by atoms with Crippen molar-refractivity contribution in [1.29, 1.82) is 0 Å². The predicted molar refractivity (Wildman–Crippen MR) is 133 cm³/mol. The van der Waals surface area contributed by atoms with Gasteiger partial charge in [0.2, 0.25) is 29.5 Å². The molecule has 0 saturated heterocycles. The van der Waals surface area contributed by atoms with E-state index in [2.05, 4.69) is 15.6 Å². The van der Waals surface area contributed by atoms with Crippen molar-refractivity contribution in [3.05, 3.63) is 36.0 Å². The number of aliphatic hydroxyl groups is 1. The molecule has 2 rings (SSSR count). The van der Waals surface area contributed by atoms with Gasteiger partial charge < -0.3 is 48.3 Å². The second-order valence-corrected chi connectivity index (χ2v) is 8.70. The molecule has 0 spiro atoms. The molecule has 0 radical (unpaired) electrons. The quantitative estimate of drug-likeness (QED) is 0.117. The van der Waals surface area contributed by atoms with Crippen molar-refractivity contribution in [3.63, 3.8) is 0 Å².